The van der Waals surface area contributed by atoms with Crippen LogP contribution in [0.2, 0.25) is 0 Å². The van der Waals surface area contributed by atoms with E-state index in [1.807, 2.05) is 11.3 Å². The SMILES string of the molecule is c1ccc(-c2ccc(-c3ccccc3-n3c4ccccc4c4ccc5c(c6ccccc6n5-c5ccc(-c6ccc(-c7cc(-c8ccccc8)cc(-c8ccc(-n9c%10ccccc%10c%10ccc%11c(c%12ccccc%12n%11-c%11ccc%12sc%13ccccc%13c%12c%11)c%109)cc8)c7)cc6)cc5)c43)cc2)cc1. The minimum atomic E-state index is 1.11. The highest BCUT2D eigenvalue weighted by Gasteiger charge is 2.25. The Labute approximate surface area is 586 Å². The number of nitrogens with zero attached hydrogens (tertiary/aromatic N) is 4. The van der Waals surface area contributed by atoms with Crippen LogP contribution in [0.1, 0.15) is 0 Å². The number of rotatable bonds is 10. The van der Waals surface area contributed by atoms with Crippen molar-refractivity contribution in [2.75, 3.05) is 0 Å². The summed E-state index contributed by atoms with van der Waals surface area (Å²) in [6.07, 6.45) is 0. The Kier molecular flexibility index (Phi) is 12.9. The van der Waals surface area contributed by atoms with Crippen molar-refractivity contribution in [3.05, 3.63) is 364 Å². The molecule has 5 heteroatoms. The van der Waals surface area contributed by atoms with Crippen molar-refractivity contribution in [3.8, 4) is 89.5 Å². The molecular formula is C96H60N4S. The molecule has 0 aliphatic heterocycles. The van der Waals surface area contributed by atoms with Gasteiger partial charge < -0.3 is 18.3 Å². The molecular weight excluding hydrogens is 1240 g/mol. The van der Waals surface area contributed by atoms with Crippen LogP contribution in [0.15, 0.2) is 364 Å². The number of aromatic nitrogens is 4. The van der Waals surface area contributed by atoms with E-state index in [2.05, 4.69) is 382 Å². The van der Waals surface area contributed by atoms with E-state index in [-0.39, 0.29) is 0 Å². The number of benzene rings is 16. The summed E-state index contributed by atoms with van der Waals surface area (Å²) in [5, 5.41) is 12.5. The van der Waals surface area contributed by atoms with Crippen LogP contribution in [0.25, 0.3) is 197 Å². The summed E-state index contributed by atoms with van der Waals surface area (Å²) < 4.78 is 12.6. The molecule has 470 valence electrons. The molecule has 0 aliphatic carbocycles. The van der Waals surface area contributed by atoms with Gasteiger partial charge in [0.2, 0.25) is 0 Å². The first kappa shape index (κ1) is 57.1. The Morgan fingerprint density at radius 2 is 0.535 bits per heavy atom. The van der Waals surface area contributed by atoms with Crippen LogP contribution in [0.4, 0.5) is 0 Å². The first-order valence-corrected chi connectivity index (χ1v) is 35.5. The molecule has 101 heavy (non-hydrogen) atoms. The van der Waals surface area contributed by atoms with Crippen molar-refractivity contribution >= 4 is 119 Å². The second-order valence-corrected chi connectivity index (χ2v) is 27.8. The van der Waals surface area contributed by atoms with Gasteiger partial charge in [-0.25, -0.2) is 0 Å². The van der Waals surface area contributed by atoms with Crippen molar-refractivity contribution in [2.45, 2.75) is 0 Å². The Morgan fingerprint density at radius 3 is 1.08 bits per heavy atom. The van der Waals surface area contributed by atoms with Crippen LogP contribution in [0, 0.1) is 0 Å². The van der Waals surface area contributed by atoms with Gasteiger partial charge in [-0.1, -0.05) is 255 Å². The molecule has 16 aromatic carbocycles. The van der Waals surface area contributed by atoms with E-state index in [0.717, 1.165) is 50.6 Å². The average Bonchev–Trinajstić information content (AvgIpc) is 1.55. The molecule has 0 saturated carbocycles. The zero-order valence-electron chi connectivity index (χ0n) is 54.8. The van der Waals surface area contributed by atoms with Gasteiger partial charge in [0.05, 0.1) is 49.8 Å². The first-order chi connectivity index (χ1) is 50.1. The minimum absolute atomic E-state index is 1.11. The third-order valence-electron chi connectivity index (χ3n) is 21.2. The highest BCUT2D eigenvalue weighted by atomic mass is 32.1. The second-order valence-electron chi connectivity index (χ2n) is 26.7. The highest BCUT2D eigenvalue weighted by molar-refractivity contribution is 7.25. The maximum absolute atomic E-state index is 2.52. The van der Waals surface area contributed by atoms with Gasteiger partial charge in [0.25, 0.3) is 0 Å². The van der Waals surface area contributed by atoms with Crippen molar-refractivity contribution in [1.82, 2.24) is 18.3 Å². The van der Waals surface area contributed by atoms with Crippen LogP contribution >= 0.6 is 11.3 Å². The monoisotopic (exact) mass is 1300 g/mol. The van der Waals surface area contributed by atoms with E-state index < -0.39 is 0 Å². The molecule has 0 amide bonds. The standard InChI is InChI=1S/C96H60N4S/c1-3-19-61(20-4-1)63-39-41-68(42-40-63)75-23-7-13-29-84(75)100-86-31-15-9-25-77(86)80-53-54-89-94(96(80)100)81-27-10-16-32-87(81)97(89)72-47-43-65(44-48-72)64-35-37-66(38-36-64)70-57-69(62-21-5-2-6-22-62)58-71(59-70)67-45-49-73(50-46-67)99-85-30-14-8-24-76(85)79-52-55-90-93(95(79)99)82-28-11-17-33-88(82)98(90)74-51-56-92-83(60-74)78-26-12-18-34-91(78)101-92/h1-60H. The molecule has 0 aliphatic rings. The fourth-order valence-electron chi connectivity index (χ4n) is 16.5. The van der Waals surface area contributed by atoms with E-state index in [1.54, 1.807) is 0 Å². The maximum Gasteiger partial charge on any atom is 0.0641 e. The number of thiophene rings is 1. The predicted molar refractivity (Wildman–Crippen MR) is 429 cm³/mol. The molecule has 0 radical (unpaired) electrons. The zero-order chi connectivity index (χ0) is 66.2. The van der Waals surface area contributed by atoms with Gasteiger partial charge in [-0.15, -0.1) is 11.3 Å². The molecule has 0 fully saturated rings. The molecule has 21 aromatic rings. The molecule has 4 nitrogen and oxygen atoms in total. The Balaban J connectivity index is 0.631. The molecule has 5 heterocycles. The summed E-state index contributed by atoms with van der Waals surface area (Å²) >= 11 is 1.86. The molecule has 0 N–H and O–H groups in total. The fourth-order valence-corrected chi connectivity index (χ4v) is 17.6. The summed E-state index contributed by atoms with van der Waals surface area (Å²) in [7, 11) is 0. The Hall–Kier alpha value is -13.1. The predicted octanol–water partition coefficient (Wildman–Crippen LogP) is 26.4. The molecule has 0 unspecified atom stereocenters. The number of para-hydroxylation sites is 5. The van der Waals surface area contributed by atoms with Crippen LogP contribution in [-0.4, -0.2) is 18.3 Å². The van der Waals surface area contributed by atoms with Gasteiger partial charge in [0.15, 0.2) is 0 Å². The van der Waals surface area contributed by atoms with E-state index in [1.165, 1.54) is 146 Å². The Morgan fingerprint density at radius 1 is 0.178 bits per heavy atom. The van der Waals surface area contributed by atoms with Crippen molar-refractivity contribution < 1.29 is 0 Å². The lowest BCUT2D eigenvalue weighted by Crippen LogP contribution is -1.98. The van der Waals surface area contributed by atoms with Gasteiger partial charge >= 0.3 is 0 Å². The van der Waals surface area contributed by atoms with Crippen molar-refractivity contribution in [2.24, 2.45) is 0 Å². The summed E-state index contributed by atoms with van der Waals surface area (Å²) in [6.45, 7) is 0. The largest absolute Gasteiger partial charge is 0.309 e. The van der Waals surface area contributed by atoms with E-state index in [0.29, 0.717) is 0 Å². The van der Waals surface area contributed by atoms with Gasteiger partial charge in [-0.3, -0.25) is 0 Å². The smallest absolute Gasteiger partial charge is 0.0641 e. The van der Waals surface area contributed by atoms with Gasteiger partial charge in [0.1, 0.15) is 0 Å². The second kappa shape index (κ2) is 22.8. The zero-order valence-corrected chi connectivity index (χ0v) is 55.7. The molecule has 5 aromatic heterocycles. The van der Waals surface area contributed by atoms with E-state index in [9.17, 15) is 0 Å². The fraction of sp³-hybridized carbons (Fsp3) is 0. The number of hydrogen-bond donors (Lipinski definition) is 0. The van der Waals surface area contributed by atoms with E-state index in [4.69, 9.17) is 0 Å². The van der Waals surface area contributed by atoms with Crippen LogP contribution in [-0.2, 0) is 0 Å². The molecule has 0 spiro atoms. The molecule has 0 bridgehead atoms. The summed E-state index contributed by atoms with van der Waals surface area (Å²) in [6, 6.07) is 135. The lowest BCUT2D eigenvalue weighted by atomic mass is 9.92. The van der Waals surface area contributed by atoms with Gasteiger partial charge in [-0.05, 0) is 170 Å². The van der Waals surface area contributed by atoms with Crippen LogP contribution in [0.5, 0.6) is 0 Å². The molecule has 0 atom stereocenters. The van der Waals surface area contributed by atoms with Crippen molar-refractivity contribution in [3.63, 3.8) is 0 Å². The number of hydrogen-bond acceptors (Lipinski definition) is 1. The van der Waals surface area contributed by atoms with Crippen LogP contribution in [0.3, 0.4) is 0 Å². The quantitative estimate of drug-likeness (QED) is 0.130. The minimum Gasteiger partial charge on any atom is -0.309 e. The summed E-state index contributed by atoms with van der Waals surface area (Å²) in [5.74, 6) is 0. The average molecular weight is 1300 g/mol. The molecule has 0 saturated heterocycles. The normalized spacial score (nSPS) is 12.0. The van der Waals surface area contributed by atoms with Crippen LogP contribution < -0.4 is 0 Å². The van der Waals surface area contributed by atoms with Crippen molar-refractivity contribution in [1.29, 1.82) is 0 Å². The lowest BCUT2D eigenvalue weighted by Gasteiger charge is -2.15. The third kappa shape index (κ3) is 9.00. The first-order valence-electron chi connectivity index (χ1n) is 34.7. The highest BCUT2D eigenvalue weighted by Crippen LogP contribution is 2.47. The van der Waals surface area contributed by atoms with E-state index >= 15 is 0 Å². The summed E-state index contributed by atoms with van der Waals surface area (Å²) in [4.78, 5) is 0. The molecule has 21 rings (SSSR count). The Bertz CT molecular complexity index is 6880. The number of fused-ring (bicyclic) bond motifs is 17. The van der Waals surface area contributed by atoms with Gasteiger partial charge in [-0.2, -0.15) is 0 Å². The topological polar surface area (TPSA) is 19.7 Å². The maximum atomic E-state index is 2.52. The summed E-state index contributed by atoms with van der Waals surface area (Å²) in [5.41, 5.74) is 28.2. The third-order valence-corrected chi connectivity index (χ3v) is 22.3. The lowest BCUT2D eigenvalue weighted by molar-refractivity contribution is 1.17. The van der Waals surface area contributed by atoms with Gasteiger partial charge in [0, 0.05) is 85.9 Å².